The van der Waals surface area contributed by atoms with E-state index in [0.717, 1.165) is 34.6 Å². The molecule has 3 aromatic rings. The molecule has 3 rings (SSSR count). The molecule has 0 saturated heterocycles. The molecule has 6 heteroatoms. The van der Waals surface area contributed by atoms with Gasteiger partial charge in [-0.25, -0.2) is 15.0 Å². The summed E-state index contributed by atoms with van der Waals surface area (Å²) in [5.41, 5.74) is 10.2. The lowest BCUT2D eigenvalue weighted by Gasteiger charge is -2.11. The Labute approximate surface area is 159 Å². The van der Waals surface area contributed by atoms with Crippen molar-refractivity contribution in [2.45, 2.75) is 39.7 Å². The Morgan fingerprint density at radius 2 is 1.96 bits per heavy atom. The van der Waals surface area contributed by atoms with Gasteiger partial charge in [-0.05, 0) is 55.1 Å². The van der Waals surface area contributed by atoms with Gasteiger partial charge in [0.2, 0.25) is 0 Å². The molecule has 2 aromatic heterocycles. The second-order valence-corrected chi connectivity index (χ2v) is 6.93. The van der Waals surface area contributed by atoms with Crippen molar-refractivity contribution >= 4 is 0 Å². The fourth-order valence-electron chi connectivity index (χ4n) is 2.96. The first-order valence-corrected chi connectivity index (χ1v) is 9.10. The predicted molar refractivity (Wildman–Crippen MR) is 105 cm³/mol. The molecule has 0 aliphatic heterocycles. The number of aryl methyl sites for hydroxylation is 1. The Kier molecular flexibility index (Phi) is 5.63. The van der Waals surface area contributed by atoms with Crippen LogP contribution in [0.25, 0.3) is 11.4 Å². The monoisotopic (exact) mass is 360 g/mol. The first kappa shape index (κ1) is 18.7. The van der Waals surface area contributed by atoms with Gasteiger partial charge in [0.15, 0.2) is 5.82 Å². The van der Waals surface area contributed by atoms with Crippen LogP contribution in [-0.2, 0) is 13.0 Å². The van der Waals surface area contributed by atoms with E-state index in [-0.39, 0.29) is 0 Å². The molecule has 0 amide bonds. The Balaban J connectivity index is 2.00. The van der Waals surface area contributed by atoms with Gasteiger partial charge in [0.1, 0.15) is 5.82 Å². The average Bonchev–Trinajstić information content (AvgIpc) is 3.03. The Morgan fingerprint density at radius 1 is 1.22 bits per heavy atom. The fourth-order valence-corrected chi connectivity index (χ4v) is 2.96. The summed E-state index contributed by atoms with van der Waals surface area (Å²) in [4.78, 5) is 13.7. The van der Waals surface area contributed by atoms with Crippen molar-refractivity contribution in [3.05, 3.63) is 65.0 Å². The van der Waals surface area contributed by atoms with Gasteiger partial charge in [-0.1, -0.05) is 13.8 Å². The number of benzene rings is 1. The summed E-state index contributed by atoms with van der Waals surface area (Å²) in [6.07, 6.45) is 6.47. The highest BCUT2D eigenvalue weighted by molar-refractivity contribution is 5.62. The standard InChI is InChI=1S/C21H24N6/c1-14(2)20-13-27(15(3)26-20)12-18-8-16(9-23)4-5-19(18)21-24-10-17(6-7-22)11-25-21/h4-5,8,10-11,13-14H,6-7,12,22H2,1-3H3. The van der Waals surface area contributed by atoms with Crippen molar-refractivity contribution < 1.29 is 0 Å². The topological polar surface area (TPSA) is 93.4 Å². The smallest absolute Gasteiger partial charge is 0.159 e. The van der Waals surface area contributed by atoms with Crippen LogP contribution in [0, 0.1) is 18.3 Å². The van der Waals surface area contributed by atoms with E-state index in [1.54, 1.807) is 6.07 Å². The predicted octanol–water partition coefficient (Wildman–Crippen LogP) is 3.19. The third-order valence-electron chi connectivity index (χ3n) is 4.54. The summed E-state index contributed by atoms with van der Waals surface area (Å²) in [5, 5.41) is 9.30. The molecule has 0 unspecified atom stereocenters. The van der Waals surface area contributed by atoms with Crippen molar-refractivity contribution in [2.75, 3.05) is 6.54 Å². The van der Waals surface area contributed by atoms with Gasteiger partial charge in [-0.2, -0.15) is 5.26 Å². The van der Waals surface area contributed by atoms with Gasteiger partial charge in [0, 0.05) is 30.7 Å². The molecule has 0 fully saturated rings. The maximum absolute atomic E-state index is 9.30. The minimum absolute atomic E-state index is 0.369. The number of hydrogen-bond donors (Lipinski definition) is 1. The Bertz CT molecular complexity index is 963. The molecule has 0 saturated carbocycles. The van der Waals surface area contributed by atoms with E-state index in [1.807, 2.05) is 31.5 Å². The van der Waals surface area contributed by atoms with Gasteiger partial charge in [-0.15, -0.1) is 0 Å². The maximum Gasteiger partial charge on any atom is 0.159 e. The molecule has 27 heavy (non-hydrogen) atoms. The zero-order valence-corrected chi connectivity index (χ0v) is 16.0. The van der Waals surface area contributed by atoms with E-state index in [2.05, 4.69) is 45.6 Å². The van der Waals surface area contributed by atoms with Crippen LogP contribution >= 0.6 is 0 Å². The second-order valence-electron chi connectivity index (χ2n) is 6.93. The quantitative estimate of drug-likeness (QED) is 0.728. The van der Waals surface area contributed by atoms with E-state index in [0.29, 0.717) is 30.4 Å². The summed E-state index contributed by atoms with van der Waals surface area (Å²) in [7, 11) is 0. The summed E-state index contributed by atoms with van der Waals surface area (Å²) < 4.78 is 2.11. The third-order valence-corrected chi connectivity index (χ3v) is 4.54. The normalized spacial score (nSPS) is 11.0. The molecular weight excluding hydrogens is 336 g/mol. The minimum Gasteiger partial charge on any atom is -0.330 e. The van der Waals surface area contributed by atoms with Crippen LogP contribution in [0.2, 0.25) is 0 Å². The van der Waals surface area contributed by atoms with Gasteiger partial charge in [0.25, 0.3) is 0 Å². The third kappa shape index (κ3) is 4.21. The van der Waals surface area contributed by atoms with Crippen molar-refractivity contribution in [1.29, 1.82) is 5.26 Å². The number of nitriles is 1. The van der Waals surface area contributed by atoms with Crippen LogP contribution in [0.5, 0.6) is 0 Å². The van der Waals surface area contributed by atoms with E-state index in [9.17, 15) is 5.26 Å². The Morgan fingerprint density at radius 3 is 2.56 bits per heavy atom. The van der Waals surface area contributed by atoms with Crippen molar-refractivity contribution in [2.24, 2.45) is 5.73 Å². The molecule has 2 heterocycles. The lowest BCUT2D eigenvalue weighted by Crippen LogP contribution is -2.06. The number of rotatable bonds is 6. The number of nitrogens with two attached hydrogens (primary N) is 1. The summed E-state index contributed by atoms with van der Waals surface area (Å²) in [6.45, 7) is 7.44. The molecule has 0 aliphatic rings. The molecule has 6 nitrogen and oxygen atoms in total. The van der Waals surface area contributed by atoms with Crippen LogP contribution in [0.3, 0.4) is 0 Å². The molecular formula is C21H24N6. The van der Waals surface area contributed by atoms with Crippen LogP contribution in [-0.4, -0.2) is 26.1 Å². The average molecular weight is 360 g/mol. The molecule has 0 bridgehead atoms. The SMILES string of the molecule is Cc1nc(C(C)C)cn1Cc1cc(C#N)ccc1-c1ncc(CCN)cn1. The first-order valence-electron chi connectivity index (χ1n) is 9.10. The zero-order valence-electron chi connectivity index (χ0n) is 16.0. The van der Waals surface area contributed by atoms with E-state index in [4.69, 9.17) is 5.73 Å². The number of imidazole rings is 1. The molecule has 2 N–H and O–H groups in total. The van der Waals surface area contributed by atoms with E-state index >= 15 is 0 Å². The van der Waals surface area contributed by atoms with Gasteiger partial charge in [0.05, 0.1) is 17.3 Å². The van der Waals surface area contributed by atoms with Crippen LogP contribution in [0.1, 0.15) is 48.0 Å². The van der Waals surface area contributed by atoms with Crippen molar-refractivity contribution in [3.63, 3.8) is 0 Å². The lowest BCUT2D eigenvalue weighted by molar-refractivity contribution is 0.761. The number of aromatic nitrogens is 4. The lowest BCUT2D eigenvalue weighted by atomic mass is 10.0. The maximum atomic E-state index is 9.30. The fraction of sp³-hybridized carbons (Fsp3) is 0.333. The van der Waals surface area contributed by atoms with Gasteiger partial charge in [-0.3, -0.25) is 0 Å². The van der Waals surface area contributed by atoms with Crippen molar-refractivity contribution in [3.8, 4) is 17.5 Å². The number of nitrogens with zero attached hydrogens (tertiary/aromatic N) is 5. The molecule has 0 aliphatic carbocycles. The summed E-state index contributed by atoms with van der Waals surface area (Å²) in [6, 6.07) is 7.84. The highest BCUT2D eigenvalue weighted by atomic mass is 15.1. The van der Waals surface area contributed by atoms with E-state index in [1.165, 1.54) is 0 Å². The molecule has 1 aromatic carbocycles. The Hall–Kier alpha value is -3.04. The van der Waals surface area contributed by atoms with Gasteiger partial charge >= 0.3 is 0 Å². The van der Waals surface area contributed by atoms with E-state index < -0.39 is 0 Å². The highest BCUT2D eigenvalue weighted by Gasteiger charge is 2.13. The largest absolute Gasteiger partial charge is 0.330 e. The molecule has 0 spiro atoms. The second kappa shape index (κ2) is 8.11. The molecule has 0 radical (unpaired) electrons. The minimum atomic E-state index is 0.369. The van der Waals surface area contributed by atoms with Crippen LogP contribution in [0.15, 0.2) is 36.8 Å². The molecule has 0 atom stereocenters. The molecule has 138 valence electrons. The van der Waals surface area contributed by atoms with Crippen molar-refractivity contribution in [1.82, 2.24) is 19.5 Å². The van der Waals surface area contributed by atoms with Crippen LogP contribution < -0.4 is 5.73 Å². The number of hydrogen-bond acceptors (Lipinski definition) is 5. The summed E-state index contributed by atoms with van der Waals surface area (Å²) in [5.74, 6) is 1.97. The van der Waals surface area contributed by atoms with Gasteiger partial charge < -0.3 is 10.3 Å². The summed E-state index contributed by atoms with van der Waals surface area (Å²) >= 11 is 0. The highest BCUT2D eigenvalue weighted by Crippen LogP contribution is 2.24. The first-order chi connectivity index (χ1) is 13.0. The van der Waals surface area contributed by atoms with Crippen LogP contribution in [0.4, 0.5) is 0 Å². The zero-order chi connectivity index (χ0) is 19.4.